The fraction of sp³-hybridized carbons (Fsp3) is 0.238. The molecule has 28 heavy (non-hydrogen) atoms. The SMILES string of the molecule is COc1ccc(OC)c(C(=O)Nc2n[nH]c3c2CN(Cc2ccccc2)C3)c1. The number of nitrogens with one attached hydrogen (secondary N) is 2. The first-order valence-corrected chi connectivity index (χ1v) is 9.03. The molecule has 0 fully saturated rings. The number of H-pyrrole nitrogens is 1. The summed E-state index contributed by atoms with van der Waals surface area (Å²) in [5.41, 5.74) is 3.71. The summed E-state index contributed by atoms with van der Waals surface area (Å²) >= 11 is 0. The molecule has 2 N–H and O–H groups in total. The highest BCUT2D eigenvalue weighted by atomic mass is 16.5. The zero-order valence-electron chi connectivity index (χ0n) is 15.9. The van der Waals surface area contributed by atoms with Gasteiger partial charge in [0.2, 0.25) is 0 Å². The van der Waals surface area contributed by atoms with Crippen LogP contribution in [0.15, 0.2) is 48.5 Å². The van der Waals surface area contributed by atoms with Crippen molar-refractivity contribution in [2.75, 3.05) is 19.5 Å². The number of ether oxygens (including phenoxy) is 2. The lowest BCUT2D eigenvalue weighted by Gasteiger charge is -2.15. The zero-order valence-corrected chi connectivity index (χ0v) is 15.9. The molecule has 1 aliphatic rings. The van der Waals surface area contributed by atoms with Gasteiger partial charge < -0.3 is 14.8 Å². The Morgan fingerprint density at radius 1 is 1.14 bits per heavy atom. The third kappa shape index (κ3) is 3.57. The van der Waals surface area contributed by atoms with E-state index in [0.717, 1.165) is 30.9 Å². The number of nitrogens with zero attached hydrogens (tertiary/aromatic N) is 2. The van der Waals surface area contributed by atoms with Crippen LogP contribution in [0, 0.1) is 0 Å². The Hall–Kier alpha value is -3.32. The van der Waals surface area contributed by atoms with Crippen molar-refractivity contribution in [1.82, 2.24) is 15.1 Å². The number of carbonyl (C=O) groups excluding carboxylic acids is 1. The normalized spacial score (nSPS) is 13.2. The maximum Gasteiger partial charge on any atom is 0.260 e. The lowest BCUT2D eigenvalue weighted by Crippen LogP contribution is -2.18. The second kappa shape index (κ2) is 7.74. The monoisotopic (exact) mass is 378 g/mol. The quantitative estimate of drug-likeness (QED) is 0.689. The van der Waals surface area contributed by atoms with Crippen LogP contribution in [0.2, 0.25) is 0 Å². The molecule has 7 heteroatoms. The molecule has 0 atom stereocenters. The van der Waals surface area contributed by atoms with Crippen molar-refractivity contribution in [3.05, 3.63) is 70.9 Å². The van der Waals surface area contributed by atoms with Crippen molar-refractivity contribution in [2.45, 2.75) is 19.6 Å². The van der Waals surface area contributed by atoms with E-state index >= 15 is 0 Å². The van der Waals surface area contributed by atoms with Crippen LogP contribution in [-0.2, 0) is 19.6 Å². The molecule has 1 aliphatic heterocycles. The smallest absolute Gasteiger partial charge is 0.260 e. The Balaban J connectivity index is 1.49. The predicted octanol–water partition coefficient (Wildman–Crippen LogP) is 3.20. The number of carbonyl (C=O) groups is 1. The molecule has 1 aromatic heterocycles. The van der Waals surface area contributed by atoms with Crippen LogP contribution in [0.25, 0.3) is 0 Å². The van der Waals surface area contributed by atoms with E-state index in [-0.39, 0.29) is 5.91 Å². The van der Waals surface area contributed by atoms with Crippen molar-refractivity contribution >= 4 is 11.7 Å². The number of aromatic nitrogens is 2. The largest absolute Gasteiger partial charge is 0.497 e. The van der Waals surface area contributed by atoms with Gasteiger partial charge in [-0.1, -0.05) is 30.3 Å². The summed E-state index contributed by atoms with van der Waals surface area (Å²) in [5, 5.41) is 10.2. The summed E-state index contributed by atoms with van der Waals surface area (Å²) in [4.78, 5) is 15.1. The van der Waals surface area contributed by atoms with E-state index in [4.69, 9.17) is 9.47 Å². The first-order chi connectivity index (χ1) is 13.7. The maximum atomic E-state index is 12.8. The minimum absolute atomic E-state index is 0.286. The standard InChI is InChI=1S/C21H22N4O3/c1-27-15-8-9-19(28-2)16(10-15)21(26)22-20-17-12-25(13-18(17)23-24-20)11-14-6-4-3-5-7-14/h3-10H,11-13H2,1-2H3,(H2,22,23,24,26). The molecule has 3 aromatic rings. The van der Waals surface area contributed by atoms with Gasteiger partial charge in [0, 0.05) is 25.2 Å². The van der Waals surface area contributed by atoms with Crippen LogP contribution in [-0.4, -0.2) is 35.2 Å². The maximum absolute atomic E-state index is 12.8. The minimum Gasteiger partial charge on any atom is -0.497 e. The van der Waals surface area contributed by atoms with Gasteiger partial charge in [0.25, 0.3) is 5.91 Å². The van der Waals surface area contributed by atoms with E-state index in [1.807, 2.05) is 18.2 Å². The van der Waals surface area contributed by atoms with Crippen LogP contribution in [0.1, 0.15) is 27.2 Å². The highest BCUT2D eigenvalue weighted by Crippen LogP contribution is 2.30. The van der Waals surface area contributed by atoms with Crippen molar-refractivity contribution in [1.29, 1.82) is 0 Å². The van der Waals surface area contributed by atoms with Crippen LogP contribution >= 0.6 is 0 Å². The first kappa shape index (κ1) is 18.1. The molecule has 2 heterocycles. The van der Waals surface area contributed by atoms with E-state index in [0.29, 0.717) is 22.9 Å². The van der Waals surface area contributed by atoms with E-state index in [2.05, 4.69) is 32.5 Å². The van der Waals surface area contributed by atoms with Gasteiger partial charge in [-0.3, -0.25) is 14.8 Å². The van der Waals surface area contributed by atoms with Crippen molar-refractivity contribution < 1.29 is 14.3 Å². The predicted molar refractivity (Wildman–Crippen MR) is 105 cm³/mol. The number of hydrogen-bond acceptors (Lipinski definition) is 5. The average molecular weight is 378 g/mol. The van der Waals surface area contributed by atoms with Gasteiger partial charge in [-0.2, -0.15) is 5.10 Å². The van der Waals surface area contributed by atoms with Crippen molar-refractivity contribution in [3.63, 3.8) is 0 Å². The Morgan fingerprint density at radius 3 is 2.71 bits per heavy atom. The fourth-order valence-corrected chi connectivity index (χ4v) is 3.43. The number of hydrogen-bond donors (Lipinski definition) is 2. The third-order valence-corrected chi connectivity index (χ3v) is 4.85. The summed E-state index contributed by atoms with van der Waals surface area (Å²) in [7, 11) is 3.09. The number of fused-ring (bicyclic) bond motifs is 1. The second-order valence-corrected chi connectivity index (χ2v) is 6.68. The van der Waals surface area contributed by atoms with Crippen LogP contribution < -0.4 is 14.8 Å². The highest BCUT2D eigenvalue weighted by Gasteiger charge is 2.26. The molecule has 0 spiro atoms. The Bertz CT molecular complexity index is 985. The summed E-state index contributed by atoms with van der Waals surface area (Å²) in [6.07, 6.45) is 0. The highest BCUT2D eigenvalue weighted by molar-refractivity contribution is 6.06. The van der Waals surface area contributed by atoms with Gasteiger partial charge in [0.15, 0.2) is 5.82 Å². The zero-order chi connectivity index (χ0) is 19.5. The molecule has 0 radical (unpaired) electrons. The average Bonchev–Trinajstić information content (AvgIpc) is 3.29. The number of benzene rings is 2. The molecule has 0 unspecified atom stereocenters. The minimum atomic E-state index is -0.286. The van der Waals surface area contributed by atoms with Crippen LogP contribution in [0.3, 0.4) is 0 Å². The van der Waals surface area contributed by atoms with Gasteiger partial charge in [-0.15, -0.1) is 0 Å². The van der Waals surface area contributed by atoms with Gasteiger partial charge >= 0.3 is 0 Å². The number of amides is 1. The summed E-state index contributed by atoms with van der Waals surface area (Å²) in [6.45, 7) is 2.35. The molecule has 0 bridgehead atoms. The summed E-state index contributed by atoms with van der Waals surface area (Å²) < 4.78 is 10.5. The summed E-state index contributed by atoms with van der Waals surface area (Å²) in [5.74, 6) is 1.34. The van der Waals surface area contributed by atoms with Gasteiger partial charge in [0.05, 0.1) is 25.5 Å². The Morgan fingerprint density at radius 2 is 1.96 bits per heavy atom. The van der Waals surface area contributed by atoms with Crippen molar-refractivity contribution in [3.8, 4) is 11.5 Å². The lowest BCUT2D eigenvalue weighted by molar-refractivity contribution is 0.102. The molecular formula is C21H22N4O3. The Labute approximate surface area is 163 Å². The molecule has 1 amide bonds. The summed E-state index contributed by atoms with van der Waals surface area (Å²) in [6, 6.07) is 15.4. The topological polar surface area (TPSA) is 79.5 Å². The molecule has 0 aliphatic carbocycles. The lowest BCUT2D eigenvalue weighted by atomic mass is 10.1. The van der Waals surface area contributed by atoms with E-state index in [1.54, 1.807) is 25.3 Å². The van der Waals surface area contributed by atoms with Gasteiger partial charge in [-0.25, -0.2) is 0 Å². The van der Waals surface area contributed by atoms with Crippen molar-refractivity contribution in [2.24, 2.45) is 0 Å². The number of rotatable bonds is 6. The van der Waals surface area contributed by atoms with Gasteiger partial charge in [-0.05, 0) is 23.8 Å². The van der Waals surface area contributed by atoms with E-state index < -0.39 is 0 Å². The molecule has 144 valence electrons. The molecule has 2 aromatic carbocycles. The second-order valence-electron chi connectivity index (χ2n) is 6.68. The van der Waals surface area contributed by atoms with E-state index in [1.165, 1.54) is 12.7 Å². The Kier molecular flexibility index (Phi) is 4.99. The number of aromatic amines is 1. The first-order valence-electron chi connectivity index (χ1n) is 9.03. The van der Waals surface area contributed by atoms with Gasteiger partial charge in [0.1, 0.15) is 11.5 Å². The molecule has 0 saturated carbocycles. The van der Waals surface area contributed by atoms with E-state index in [9.17, 15) is 4.79 Å². The molecule has 7 nitrogen and oxygen atoms in total. The molecule has 4 rings (SSSR count). The third-order valence-electron chi connectivity index (χ3n) is 4.85. The molecule has 0 saturated heterocycles. The molecular weight excluding hydrogens is 356 g/mol. The van der Waals surface area contributed by atoms with Crippen LogP contribution in [0.4, 0.5) is 5.82 Å². The van der Waals surface area contributed by atoms with Crippen LogP contribution in [0.5, 0.6) is 11.5 Å². The fourth-order valence-electron chi connectivity index (χ4n) is 3.43. The number of anilines is 1. The number of methoxy groups -OCH3 is 2.